The fourth-order valence-electron chi connectivity index (χ4n) is 1.52. The molecule has 0 saturated carbocycles. The molecular weight excluding hydrogens is 190 g/mol. The van der Waals surface area contributed by atoms with E-state index in [-0.39, 0.29) is 12.0 Å². The highest BCUT2D eigenvalue weighted by Crippen LogP contribution is 2.18. The molecule has 0 fully saturated rings. The van der Waals surface area contributed by atoms with Gasteiger partial charge in [0.05, 0.1) is 6.61 Å². The second-order valence-corrected chi connectivity index (χ2v) is 5.04. The largest absolute Gasteiger partial charge is 0.396 e. The Balaban J connectivity index is 4.23. The van der Waals surface area contributed by atoms with Crippen molar-refractivity contribution < 1.29 is 9.84 Å². The van der Waals surface area contributed by atoms with Crippen molar-refractivity contribution in [3.8, 4) is 0 Å². The molecule has 0 aromatic rings. The number of hydrogen-bond donors (Lipinski definition) is 1. The highest BCUT2D eigenvalue weighted by atomic mass is 16.5. The molecule has 1 N–H and O–H groups in total. The van der Waals surface area contributed by atoms with Gasteiger partial charge in [0.25, 0.3) is 0 Å². The standard InChI is InChI=1S/C12H27NO2/c1-6-11(2)13(7-8-15-5)9-12(3,4)10-14/h11,14H,6-10H2,1-5H3. The zero-order valence-electron chi connectivity index (χ0n) is 10.9. The number of aliphatic hydroxyl groups excluding tert-OH is 1. The van der Waals surface area contributed by atoms with E-state index in [1.807, 2.05) is 0 Å². The number of ether oxygens (including phenoxy) is 1. The first-order chi connectivity index (χ1) is 6.96. The van der Waals surface area contributed by atoms with Gasteiger partial charge in [-0.1, -0.05) is 20.8 Å². The molecule has 3 nitrogen and oxygen atoms in total. The topological polar surface area (TPSA) is 32.7 Å². The maximum atomic E-state index is 9.26. The van der Waals surface area contributed by atoms with Crippen LogP contribution in [0.1, 0.15) is 34.1 Å². The minimum atomic E-state index is -0.0306. The smallest absolute Gasteiger partial charge is 0.0589 e. The molecule has 92 valence electrons. The summed E-state index contributed by atoms with van der Waals surface area (Å²) in [4.78, 5) is 2.39. The maximum Gasteiger partial charge on any atom is 0.0589 e. The zero-order chi connectivity index (χ0) is 11.9. The van der Waals surface area contributed by atoms with Crippen molar-refractivity contribution in [1.82, 2.24) is 4.90 Å². The summed E-state index contributed by atoms with van der Waals surface area (Å²) in [6, 6.07) is 0.547. The van der Waals surface area contributed by atoms with E-state index in [4.69, 9.17) is 4.74 Å². The molecule has 0 bridgehead atoms. The van der Waals surface area contributed by atoms with Crippen LogP contribution >= 0.6 is 0 Å². The predicted molar refractivity (Wildman–Crippen MR) is 64.1 cm³/mol. The van der Waals surface area contributed by atoms with Gasteiger partial charge in [0, 0.05) is 38.3 Å². The summed E-state index contributed by atoms with van der Waals surface area (Å²) in [6.07, 6.45) is 1.13. The maximum absolute atomic E-state index is 9.26. The molecule has 0 amide bonds. The van der Waals surface area contributed by atoms with E-state index in [9.17, 15) is 5.11 Å². The number of aliphatic hydroxyl groups is 1. The molecule has 1 atom stereocenters. The van der Waals surface area contributed by atoms with Crippen molar-refractivity contribution in [3.63, 3.8) is 0 Å². The van der Waals surface area contributed by atoms with E-state index in [0.29, 0.717) is 6.04 Å². The van der Waals surface area contributed by atoms with Crippen molar-refractivity contribution >= 4 is 0 Å². The Morgan fingerprint density at radius 1 is 1.40 bits per heavy atom. The van der Waals surface area contributed by atoms with E-state index < -0.39 is 0 Å². The molecule has 3 heteroatoms. The van der Waals surface area contributed by atoms with Crippen LogP contribution in [0, 0.1) is 5.41 Å². The molecule has 0 radical (unpaired) electrons. The van der Waals surface area contributed by atoms with Crippen LogP contribution in [0.3, 0.4) is 0 Å². The van der Waals surface area contributed by atoms with Crippen LogP contribution in [-0.2, 0) is 4.74 Å². The average molecular weight is 217 g/mol. The van der Waals surface area contributed by atoms with Crippen molar-refractivity contribution in [2.24, 2.45) is 5.41 Å². The Morgan fingerprint density at radius 2 is 2.00 bits per heavy atom. The Bertz CT molecular complexity index is 160. The van der Waals surface area contributed by atoms with Crippen LogP contribution in [0.15, 0.2) is 0 Å². The van der Waals surface area contributed by atoms with Crippen LogP contribution < -0.4 is 0 Å². The Labute approximate surface area is 94.4 Å². The number of hydrogen-bond acceptors (Lipinski definition) is 3. The van der Waals surface area contributed by atoms with E-state index in [1.54, 1.807) is 7.11 Å². The minimum Gasteiger partial charge on any atom is -0.396 e. The Morgan fingerprint density at radius 3 is 2.40 bits per heavy atom. The fourth-order valence-corrected chi connectivity index (χ4v) is 1.52. The van der Waals surface area contributed by atoms with Gasteiger partial charge >= 0.3 is 0 Å². The van der Waals surface area contributed by atoms with E-state index in [1.165, 1.54) is 0 Å². The molecule has 0 aromatic carbocycles. The first kappa shape index (κ1) is 14.9. The lowest BCUT2D eigenvalue weighted by atomic mass is 9.93. The van der Waals surface area contributed by atoms with Crippen molar-refractivity contribution in [2.75, 3.05) is 33.4 Å². The molecule has 0 spiro atoms. The van der Waals surface area contributed by atoms with Gasteiger partial charge in [-0.3, -0.25) is 4.90 Å². The summed E-state index contributed by atoms with van der Waals surface area (Å²) in [5, 5.41) is 9.26. The number of rotatable bonds is 8. The lowest BCUT2D eigenvalue weighted by Gasteiger charge is -2.35. The molecule has 0 heterocycles. The zero-order valence-corrected chi connectivity index (χ0v) is 10.9. The third-order valence-electron chi connectivity index (χ3n) is 2.86. The third-order valence-corrected chi connectivity index (χ3v) is 2.86. The van der Waals surface area contributed by atoms with E-state index >= 15 is 0 Å². The summed E-state index contributed by atoms with van der Waals surface area (Å²) < 4.78 is 5.11. The summed E-state index contributed by atoms with van der Waals surface area (Å²) >= 11 is 0. The molecule has 1 unspecified atom stereocenters. The van der Waals surface area contributed by atoms with Gasteiger partial charge in [0.2, 0.25) is 0 Å². The van der Waals surface area contributed by atoms with Crippen molar-refractivity contribution in [3.05, 3.63) is 0 Å². The monoisotopic (exact) mass is 217 g/mol. The van der Waals surface area contributed by atoms with Gasteiger partial charge in [-0.15, -0.1) is 0 Å². The van der Waals surface area contributed by atoms with Crippen LogP contribution in [0.5, 0.6) is 0 Å². The first-order valence-corrected chi connectivity index (χ1v) is 5.80. The van der Waals surface area contributed by atoms with Crippen LogP contribution in [0.25, 0.3) is 0 Å². The van der Waals surface area contributed by atoms with Gasteiger partial charge in [-0.05, 0) is 13.3 Å². The van der Waals surface area contributed by atoms with Crippen molar-refractivity contribution in [2.45, 2.75) is 40.2 Å². The van der Waals surface area contributed by atoms with Gasteiger partial charge < -0.3 is 9.84 Å². The lowest BCUT2D eigenvalue weighted by Crippen LogP contribution is -2.43. The normalized spacial score (nSPS) is 14.6. The number of methoxy groups -OCH3 is 1. The summed E-state index contributed by atoms with van der Waals surface area (Å²) in [5.74, 6) is 0. The third kappa shape index (κ3) is 6.13. The minimum absolute atomic E-state index is 0.0306. The second kappa shape index (κ2) is 7.20. The second-order valence-electron chi connectivity index (χ2n) is 5.04. The van der Waals surface area contributed by atoms with Crippen LogP contribution in [0.2, 0.25) is 0 Å². The Hall–Kier alpha value is -0.120. The quantitative estimate of drug-likeness (QED) is 0.672. The SMILES string of the molecule is CCC(C)N(CCOC)CC(C)(C)CO. The highest BCUT2D eigenvalue weighted by molar-refractivity contribution is 4.76. The fraction of sp³-hybridized carbons (Fsp3) is 1.00. The first-order valence-electron chi connectivity index (χ1n) is 5.80. The van der Waals surface area contributed by atoms with Gasteiger partial charge in [-0.25, -0.2) is 0 Å². The summed E-state index contributed by atoms with van der Waals surface area (Å²) in [6.45, 7) is 11.4. The average Bonchev–Trinajstić information content (AvgIpc) is 2.23. The lowest BCUT2D eigenvalue weighted by molar-refractivity contribution is 0.0605. The molecule has 15 heavy (non-hydrogen) atoms. The summed E-state index contributed by atoms with van der Waals surface area (Å²) in [7, 11) is 1.73. The molecule has 0 aliphatic heterocycles. The molecule has 0 saturated heterocycles. The molecule has 0 aliphatic rings. The molecule has 0 aliphatic carbocycles. The molecule has 0 aromatic heterocycles. The summed E-state index contributed by atoms with van der Waals surface area (Å²) in [5.41, 5.74) is -0.0306. The molecular formula is C12H27NO2. The van der Waals surface area contributed by atoms with Crippen molar-refractivity contribution in [1.29, 1.82) is 0 Å². The van der Waals surface area contributed by atoms with Gasteiger partial charge in [0.1, 0.15) is 0 Å². The highest BCUT2D eigenvalue weighted by Gasteiger charge is 2.23. The van der Waals surface area contributed by atoms with Crippen LogP contribution in [-0.4, -0.2) is 49.5 Å². The van der Waals surface area contributed by atoms with Gasteiger partial charge in [-0.2, -0.15) is 0 Å². The molecule has 0 rings (SSSR count). The van der Waals surface area contributed by atoms with Crippen LogP contribution in [0.4, 0.5) is 0 Å². The predicted octanol–water partition coefficient (Wildman–Crippen LogP) is 1.75. The van der Waals surface area contributed by atoms with E-state index in [0.717, 1.165) is 26.1 Å². The van der Waals surface area contributed by atoms with E-state index in [2.05, 4.69) is 32.6 Å². The van der Waals surface area contributed by atoms with Gasteiger partial charge in [0.15, 0.2) is 0 Å². The number of nitrogens with zero attached hydrogens (tertiary/aromatic N) is 1. The Kier molecular flexibility index (Phi) is 7.14.